The number of carbonyl (C=O) groups is 2. The first-order valence-corrected chi connectivity index (χ1v) is 6.95. The van der Waals surface area contributed by atoms with E-state index in [2.05, 4.69) is 22.5 Å². The summed E-state index contributed by atoms with van der Waals surface area (Å²) in [5.41, 5.74) is 0.531. The molecule has 0 heterocycles. The van der Waals surface area contributed by atoms with Crippen molar-refractivity contribution in [2.45, 2.75) is 31.8 Å². The summed E-state index contributed by atoms with van der Waals surface area (Å²) in [7, 11) is 0. The van der Waals surface area contributed by atoms with Gasteiger partial charge in [0.15, 0.2) is 0 Å². The fraction of sp³-hybridized carbons (Fsp3) is 0.333. The maximum Gasteiger partial charge on any atom is 0.338 e. The molecule has 0 fully saturated rings. The van der Waals surface area contributed by atoms with Gasteiger partial charge in [-0.2, -0.15) is 0 Å². The molecule has 0 unspecified atom stereocenters. The molecule has 0 saturated heterocycles. The standard InChI is InChI=1S/C15H17BrO3/c1-12(16)11-14(9-5-6-10-17)19-15(18)13-7-3-2-4-8-13/h2-4,7-8,10,14H,1,5-6,9,11H2/t14-/m0/s1. The highest BCUT2D eigenvalue weighted by atomic mass is 79.9. The Kier molecular flexibility index (Phi) is 7.11. The van der Waals surface area contributed by atoms with Gasteiger partial charge in [-0.05, 0) is 29.5 Å². The molecule has 0 spiro atoms. The number of hydrogen-bond acceptors (Lipinski definition) is 3. The molecule has 0 bridgehead atoms. The summed E-state index contributed by atoms with van der Waals surface area (Å²) in [6, 6.07) is 8.86. The molecule has 0 aromatic heterocycles. The second kappa shape index (κ2) is 8.64. The number of hydrogen-bond donors (Lipinski definition) is 0. The average molecular weight is 325 g/mol. The molecule has 0 aliphatic heterocycles. The van der Waals surface area contributed by atoms with Crippen molar-refractivity contribution in [3.05, 3.63) is 47.0 Å². The number of halogens is 1. The van der Waals surface area contributed by atoms with Gasteiger partial charge in [0.2, 0.25) is 0 Å². The van der Waals surface area contributed by atoms with Gasteiger partial charge in [0.25, 0.3) is 0 Å². The SMILES string of the molecule is C=C(Br)C[C@H](CCCC=O)OC(=O)c1ccccc1. The van der Waals surface area contributed by atoms with Crippen LogP contribution >= 0.6 is 15.9 Å². The maximum atomic E-state index is 11.9. The normalized spacial score (nSPS) is 11.6. The molecule has 0 saturated carbocycles. The fourth-order valence-corrected chi connectivity index (χ4v) is 2.03. The number of ether oxygens (including phenoxy) is 1. The van der Waals surface area contributed by atoms with Crippen LogP contribution in [0.1, 0.15) is 36.0 Å². The minimum absolute atomic E-state index is 0.250. The topological polar surface area (TPSA) is 43.4 Å². The summed E-state index contributed by atoms with van der Waals surface area (Å²) < 4.78 is 6.23. The third-order valence-electron chi connectivity index (χ3n) is 2.58. The average Bonchev–Trinajstić information content (AvgIpc) is 2.39. The summed E-state index contributed by atoms with van der Waals surface area (Å²) >= 11 is 3.27. The number of benzene rings is 1. The van der Waals surface area contributed by atoms with Crippen LogP contribution in [0.2, 0.25) is 0 Å². The monoisotopic (exact) mass is 324 g/mol. The van der Waals surface area contributed by atoms with Crippen molar-refractivity contribution in [3.8, 4) is 0 Å². The van der Waals surface area contributed by atoms with Crippen LogP contribution in [-0.2, 0) is 9.53 Å². The number of unbranched alkanes of at least 4 members (excludes halogenated alkanes) is 1. The molecule has 102 valence electrons. The molecule has 1 aromatic carbocycles. The van der Waals surface area contributed by atoms with Crippen molar-refractivity contribution in [1.82, 2.24) is 0 Å². The lowest BCUT2D eigenvalue weighted by molar-refractivity contribution is -0.108. The summed E-state index contributed by atoms with van der Waals surface area (Å²) in [5, 5.41) is 0. The summed E-state index contributed by atoms with van der Waals surface area (Å²) in [4.78, 5) is 22.3. The van der Waals surface area contributed by atoms with E-state index in [0.29, 0.717) is 31.2 Å². The zero-order valence-corrected chi connectivity index (χ0v) is 12.3. The van der Waals surface area contributed by atoms with E-state index >= 15 is 0 Å². The van der Waals surface area contributed by atoms with Crippen LogP contribution in [0.3, 0.4) is 0 Å². The van der Waals surface area contributed by atoms with Gasteiger partial charge in [-0.1, -0.05) is 40.7 Å². The van der Waals surface area contributed by atoms with Gasteiger partial charge in [-0.25, -0.2) is 4.79 Å². The van der Waals surface area contributed by atoms with E-state index in [-0.39, 0.29) is 12.1 Å². The highest BCUT2D eigenvalue weighted by molar-refractivity contribution is 9.11. The summed E-state index contributed by atoms with van der Waals surface area (Å²) in [6.45, 7) is 3.76. The van der Waals surface area contributed by atoms with Crippen LogP contribution in [0, 0.1) is 0 Å². The zero-order chi connectivity index (χ0) is 14.1. The van der Waals surface area contributed by atoms with Gasteiger partial charge in [-0.15, -0.1) is 0 Å². The maximum absolute atomic E-state index is 11.9. The van der Waals surface area contributed by atoms with Crippen LogP contribution in [0.15, 0.2) is 41.4 Å². The van der Waals surface area contributed by atoms with Crippen LogP contribution < -0.4 is 0 Å². The van der Waals surface area contributed by atoms with E-state index in [0.717, 1.165) is 10.8 Å². The Morgan fingerprint density at radius 2 is 2.05 bits per heavy atom. The summed E-state index contributed by atoms with van der Waals surface area (Å²) in [5.74, 6) is -0.342. The van der Waals surface area contributed by atoms with Gasteiger partial charge < -0.3 is 9.53 Å². The Hall–Kier alpha value is -1.42. The number of esters is 1. The molecular formula is C15H17BrO3. The highest BCUT2D eigenvalue weighted by Gasteiger charge is 2.16. The van der Waals surface area contributed by atoms with Crippen molar-refractivity contribution >= 4 is 28.2 Å². The predicted molar refractivity (Wildman–Crippen MR) is 78.2 cm³/mol. The Morgan fingerprint density at radius 1 is 1.37 bits per heavy atom. The van der Waals surface area contributed by atoms with Gasteiger partial charge in [0.05, 0.1) is 5.56 Å². The van der Waals surface area contributed by atoms with Gasteiger partial charge >= 0.3 is 5.97 Å². The van der Waals surface area contributed by atoms with Crippen molar-refractivity contribution in [2.75, 3.05) is 0 Å². The molecule has 0 N–H and O–H groups in total. The van der Waals surface area contributed by atoms with Crippen LogP contribution in [-0.4, -0.2) is 18.4 Å². The summed E-state index contributed by atoms with van der Waals surface area (Å²) in [6.07, 6.45) is 3.02. The van der Waals surface area contributed by atoms with Gasteiger partial charge in [-0.3, -0.25) is 0 Å². The molecule has 0 aliphatic rings. The molecule has 1 atom stereocenters. The van der Waals surface area contributed by atoms with Crippen LogP contribution in [0.25, 0.3) is 0 Å². The molecule has 0 amide bonds. The third kappa shape index (κ3) is 6.34. The molecule has 0 radical (unpaired) electrons. The molecule has 4 heteroatoms. The molecule has 3 nitrogen and oxygen atoms in total. The lowest BCUT2D eigenvalue weighted by Crippen LogP contribution is -2.18. The van der Waals surface area contributed by atoms with E-state index in [9.17, 15) is 9.59 Å². The molecule has 19 heavy (non-hydrogen) atoms. The van der Waals surface area contributed by atoms with Crippen molar-refractivity contribution in [3.63, 3.8) is 0 Å². The Bertz CT molecular complexity index is 428. The lowest BCUT2D eigenvalue weighted by Gasteiger charge is -2.17. The van der Waals surface area contributed by atoms with E-state index in [1.165, 1.54) is 0 Å². The van der Waals surface area contributed by atoms with Crippen LogP contribution in [0.4, 0.5) is 0 Å². The highest BCUT2D eigenvalue weighted by Crippen LogP contribution is 2.18. The van der Waals surface area contributed by atoms with Crippen molar-refractivity contribution in [2.24, 2.45) is 0 Å². The first-order valence-electron chi connectivity index (χ1n) is 6.16. The number of rotatable bonds is 8. The van der Waals surface area contributed by atoms with Gasteiger partial charge in [0, 0.05) is 12.8 Å². The minimum atomic E-state index is -0.342. The second-order valence-corrected chi connectivity index (χ2v) is 5.33. The van der Waals surface area contributed by atoms with Crippen molar-refractivity contribution in [1.29, 1.82) is 0 Å². The molecule has 1 aromatic rings. The third-order valence-corrected chi connectivity index (χ3v) is 2.90. The Labute approximate surface area is 121 Å². The first-order chi connectivity index (χ1) is 9.13. The first kappa shape index (κ1) is 15.6. The van der Waals surface area contributed by atoms with Crippen LogP contribution in [0.5, 0.6) is 0 Å². The molecular weight excluding hydrogens is 308 g/mol. The zero-order valence-electron chi connectivity index (χ0n) is 10.7. The Balaban J connectivity index is 2.57. The van der Waals surface area contributed by atoms with Crippen molar-refractivity contribution < 1.29 is 14.3 Å². The minimum Gasteiger partial charge on any atom is -0.458 e. The molecule has 0 aliphatic carbocycles. The quantitative estimate of drug-likeness (QED) is 0.414. The van der Waals surface area contributed by atoms with E-state index < -0.39 is 0 Å². The van der Waals surface area contributed by atoms with E-state index in [1.54, 1.807) is 24.3 Å². The van der Waals surface area contributed by atoms with Gasteiger partial charge in [0.1, 0.15) is 12.4 Å². The lowest BCUT2D eigenvalue weighted by atomic mass is 10.1. The second-order valence-electron chi connectivity index (χ2n) is 4.21. The Morgan fingerprint density at radius 3 is 2.63 bits per heavy atom. The fourth-order valence-electron chi connectivity index (χ4n) is 1.67. The van der Waals surface area contributed by atoms with E-state index in [1.807, 2.05) is 6.07 Å². The number of aldehydes is 1. The van der Waals surface area contributed by atoms with E-state index in [4.69, 9.17) is 4.74 Å². The predicted octanol–water partition coefficient (Wildman–Crippen LogP) is 3.88. The largest absolute Gasteiger partial charge is 0.458 e. The molecule has 1 rings (SSSR count). The number of carbonyl (C=O) groups excluding carboxylic acids is 2. The smallest absolute Gasteiger partial charge is 0.338 e.